The van der Waals surface area contributed by atoms with E-state index >= 15 is 0 Å². The molecule has 6 nitrogen and oxygen atoms in total. The van der Waals surface area contributed by atoms with E-state index in [2.05, 4.69) is 16.0 Å². The lowest BCUT2D eigenvalue weighted by Gasteiger charge is -2.29. The number of hydrogen-bond acceptors (Lipinski definition) is 3. The van der Waals surface area contributed by atoms with E-state index in [1.54, 1.807) is 31.2 Å². The average Bonchev–Trinajstić information content (AvgIpc) is 2.71. The second kappa shape index (κ2) is 9.11. The fourth-order valence-corrected chi connectivity index (χ4v) is 3.26. The Kier molecular flexibility index (Phi) is 6.53. The first kappa shape index (κ1) is 22.2. The van der Waals surface area contributed by atoms with Crippen LogP contribution in [0.15, 0.2) is 59.8 Å². The average molecular weight is 433 g/mol. The number of para-hydroxylation sites is 1. The molecule has 2 aromatic rings. The lowest BCUT2D eigenvalue weighted by atomic mass is 9.94. The largest absolute Gasteiger partial charge is 0.493 e. The quantitative estimate of drug-likeness (QED) is 0.615. The smallest absolute Gasteiger partial charge is 0.416 e. The van der Waals surface area contributed by atoms with Gasteiger partial charge in [0.25, 0.3) is 5.91 Å². The molecule has 1 aliphatic rings. The van der Waals surface area contributed by atoms with Gasteiger partial charge in [0.1, 0.15) is 5.75 Å². The van der Waals surface area contributed by atoms with E-state index in [9.17, 15) is 22.8 Å². The van der Waals surface area contributed by atoms with Crippen molar-refractivity contribution >= 4 is 17.6 Å². The minimum atomic E-state index is -4.53. The van der Waals surface area contributed by atoms with E-state index in [0.29, 0.717) is 23.6 Å². The zero-order valence-corrected chi connectivity index (χ0v) is 17.0. The van der Waals surface area contributed by atoms with E-state index in [0.717, 1.165) is 18.6 Å². The van der Waals surface area contributed by atoms with Crippen LogP contribution in [0, 0.1) is 0 Å². The third-order valence-corrected chi connectivity index (χ3v) is 4.65. The number of alkyl halides is 3. The van der Waals surface area contributed by atoms with Crippen LogP contribution in [0.2, 0.25) is 0 Å². The van der Waals surface area contributed by atoms with Gasteiger partial charge in [-0.3, -0.25) is 4.79 Å². The summed E-state index contributed by atoms with van der Waals surface area (Å²) < 4.78 is 44.8. The number of amides is 3. The van der Waals surface area contributed by atoms with Gasteiger partial charge >= 0.3 is 12.2 Å². The van der Waals surface area contributed by atoms with E-state index < -0.39 is 29.7 Å². The van der Waals surface area contributed by atoms with E-state index in [4.69, 9.17) is 4.74 Å². The van der Waals surface area contributed by atoms with Crippen LogP contribution < -0.4 is 20.7 Å². The molecular formula is C22H22F3N3O3. The summed E-state index contributed by atoms with van der Waals surface area (Å²) in [6.45, 7) is 3.96. The number of allylic oxidation sites excluding steroid dienone is 1. The Hall–Kier alpha value is -3.49. The fraction of sp³-hybridized carbons (Fsp3) is 0.273. The highest BCUT2D eigenvalue weighted by molar-refractivity contribution is 6.06. The number of carbonyl (C=O) groups excluding carboxylic acids is 2. The summed E-state index contributed by atoms with van der Waals surface area (Å²) in [4.78, 5) is 25.2. The molecule has 0 bridgehead atoms. The molecule has 164 valence electrons. The van der Waals surface area contributed by atoms with Crippen LogP contribution in [-0.2, 0) is 11.0 Å². The minimum absolute atomic E-state index is 0.00806. The molecule has 31 heavy (non-hydrogen) atoms. The van der Waals surface area contributed by atoms with Crippen LogP contribution in [0.1, 0.15) is 37.4 Å². The van der Waals surface area contributed by atoms with Crippen LogP contribution in [0.5, 0.6) is 5.75 Å². The molecule has 3 amide bonds. The number of benzene rings is 2. The number of ether oxygens (including phenoxy) is 1. The van der Waals surface area contributed by atoms with Crippen molar-refractivity contribution in [3.05, 3.63) is 70.9 Å². The third-order valence-electron chi connectivity index (χ3n) is 4.65. The Morgan fingerprint density at radius 1 is 1.16 bits per heavy atom. The lowest BCUT2D eigenvalue weighted by molar-refractivity contribution is -0.137. The molecule has 3 rings (SSSR count). The molecule has 0 saturated carbocycles. The van der Waals surface area contributed by atoms with Gasteiger partial charge in [0, 0.05) is 16.9 Å². The van der Waals surface area contributed by atoms with Gasteiger partial charge < -0.3 is 20.7 Å². The summed E-state index contributed by atoms with van der Waals surface area (Å²) in [5, 5.41) is 7.75. The zero-order valence-electron chi connectivity index (χ0n) is 17.0. The van der Waals surface area contributed by atoms with Crippen LogP contribution in [0.25, 0.3) is 0 Å². The summed E-state index contributed by atoms with van der Waals surface area (Å²) in [6.07, 6.45) is -3.76. The maximum atomic E-state index is 13.1. The molecule has 9 heteroatoms. The normalized spacial score (nSPS) is 16.4. The third kappa shape index (κ3) is 5.17. The number of rotatable bonds is 6. The highest BCUT2D eigenvalue weighted by Crippen LogP contribution is 2.34. The molecule has 2 aromatic carbocycles. The number of nitrogens with one attached hydrogen (secondary N) is 3. The van der Waals surface area contributed by atoms with Crippen LogP contribution >= 0.6 is 0 Å². The Morgan fingerprint density at radius 3 is 2.61 bits per heavy atom. The number of urea groups is 1. The predicted molar refractivity (Wildman–Crippen MR) is 109 cm³/mol. The number of carbonyl (C=O) groups is 2. The molecule has 0 radical (unpaired) electrons. The zero-order chi connectivity index (χ0) is 22.6. The minimum Gasteiger partial charge on any atom is -0.493 e. The van der Waals surface area contributed by atoms with Gasteiger partial charge in [0.15, 0.2) is 0 Å². The molecule has 1 aliphatic heterocycles. The standard InChI is InChI=1S/C22H22F3N3O3/c1-3-11-31-17-10-5-4-9-16(17)19-18(13(2)26-21(30)28-19)20(29)27-15-8-6-7-14(12-15)22(23,24)25/h4-10,12,19H,3,11H2,1-2H3,(H,27,29)(H2,26,28,30)/t19-/m0/s1. The SMILES string of the molecule is CCCOc1ccccc1[C@@H]1NC(=O)NC(C)=C1C(=O)Nc1cccc(C(F)(F)F)c1. The molecule has 0 fully saturated rings. The second-order valence-corrected chi connectivity index (χ2v) is 6.99. The van der Waals surface area contributed by atoms with Gasteiger partial charge in [-0.1, -0.05) is 31.2 Å². The maximum absolute atomic E-state index is 13.1. The summed E-state index contributed by atoms with van der Waals surface area (Å²) >= 11 is 0. The van der Waals surface area contributed by atoms with Crippen molar-refractivity contribution in [3.63, 3.8) is 0 Å². The Labute approximate surface area is 177 Å². The van der Waals surface area contributed by atoms with E-state index in [1.807, 2.05) is 6.92 Å². The maximum Gasteiger partial charge on any atom is 0.416 e. The van der Waals surface area contributed by atoms with Gasteiger partial charge in [-0.2, -0.15) is 13.2 Å². The molecule has 1 heterocycles. The monoisotopic (exact) mass is 433 g/mol. The highest BCUT2D eigenvalue weighted by atomic mass is 19.4. The topological polar surface area (TPSA) is 79.5 Å². The summed E-state index contributed by atoms with van der Waals surface area (Å²) in [5.74, 6) is -0.131. The van der Waals surface area contributed by atoms with Gasteiger partial charge in [0.2, 0.25) is 0 Å². The highest BCUT2D eigenvalue weighted by Gasteiger charge is 2.34. The van der Waals surface area contributed by atoms with Crippen LogP contribution in [0.4, 0.5) is 23.7 Å². The van der Waals surface area contributed by atoms with E-state index in [-0.39, 0.29) is 11.3 Å². The number of anilines is 1. The van der Waals surface area contributed by atoms with E-state index in [1.165, 1.54) is 12.1 Å². The lowest BCUT2D eigenvalue weighted by Crippen LogP contribution is -2.46. The molecule has 0 aliphatic carbocycles. The van der Waals surface area contributed by atoms with Crippen molar-refractivity contribution in [2.75, 3.05) is 11.9 Å². The van der Waals surface area contributed by atoms with Gasteiger partial charge in [-0.15, -0.1) is 0 Å². The Morgan fingerprint density at radius 2 is 1.90 bits per heavy atom. The number of halogens is 3. The first-order valence-electron chi connectivity index (χ1n) is 9.69. The molecular weight excluding hydrogens is 411 g/mol. The molecule has 1 atom stereocenters. The van der Waals surface area contributed by atoms with Crippen molar-refractivity contribution < 1.29 is 27.5 Å². The molecule has 0 saturated heterocycles. The first-order valence-corrected chi connectivity index (χ1v) is 9.69. The van der Waals surface area contributed by atoms with Crippen molar-refractivity contribution in [2.24, 2.45) is 0 Å². The Balaban J connectivity index is 1.95. The van der Waals surface area contributed by atoms with Crippen molar-refractivity contribution in [1.29, 1.82) is 0 Å². The summed E-state index contributed by atoms with van der Waals surface area (Å²) in [5.41, 5.74) is 0.152. The van der Waals surface area contributed by atoms with Crippen molar-refractivity contribution in [3.8, 4) is 5.75 Å². The second-order valence-electron chi connectivity index (χ2n) is 6.99. The van der Waals surface area contributed by atoms with Gasteiger partial charge in [0.05, 0.1) is 23.8 Å². The molecule has 0 aromatic heterocycles. The Bertz CT molecular complexity index is 1020. The van der Waals surface area contributed by atoms with Crippen LogP contribution in [-0.4, -0.2) is 18.5 Å². The molecule has 3 N–H and O–H groups in total. The van der Waals surface area contributed by atoms with Gasteiger partial charge in [-0.25, -0.2) is 4.79 Å². The molecule has 0 unspecified atom stereocenters. The summed E-state index contributed by atoms with van der Waals surface area (Å²) in [7, 11) is 0. The predicted octanol–water partition coefficient (Wildman–Crippen LogP) is 4.76. The fourth-order valence-electron chi connectivity index (χ4n) is 3.26. The molecule has 0 spiro atoms. The number of hydrogen-bond donors (Lipinski definition) is 3. The van der Waals surface area contributed by atoms with Crippen molar-refractivity contribution in [1.82, 2.24) is 10.6 Å². The first-order chi connectivity index (χ1) is 14.7. The van der Waals surface area contributed by atoms with Crippen molar-refractivity contribution in [2.45, 2.75) is 32.5 Å². The van der Waals surface area contributed by atoms with Crippen LogP contribution in [0.3, 0.4) is 0 Å². The van der Waals surface area contributed by atoms with Gasteiger partial charge in [-0.05, 0) is 37.6 Å². The summed E-state index contributed by atoms with van der Waals surface area (Å²) in [6, 6.07) is 10.0.